The summed E-state index contributed by atoms with van der Waals surface area (Å²) in [6, 6.07) is 5.23. The average molecular weight is 329 g/mol. The highest BCUT2D eigenvalue weighted by Crippen LogP contribution is 2.33. The van der Waals surface area contributed by atoms with Crippen molar-refractivity contribution >= 4 is 23.2 Å². The highest BCUT2D eigenvalue weighted by molar-refractivity contribution is 6.42. The number of halogens is 2. The van der Waals surface area contributed by atoms with Crippen molar-refractivity contribution in [3.05, 3.63) is 39.5 Å². The number of nitrogens with zero attached hydrogens (tertiary/aromatic N) is 2. The van der Waals surface area contributed by atoms with Gasteiger partial charge in [0.1, 0.15) is 5.75 Å². The first-order valence-corrected chi connectivity index (χ1v) is 7.57. The molecule has 2 aromatic rings. The maximum Gasteiger partial charge on any atom is 0.221 e. The quantitative estimate of drug-likeness (QED) is 0.871. The molecule has 114 valence electrons. The summed E-state index contributed by atoms with van der Waals surface area (Å²) >= 11 is 11.9. The van der Waals surface area contributed by atoms with Crippen LogP contribution in [0.25, 0.3) is 0 Å². The zero-order valence-corrected chi connectivity index (χ0v) is 13.7. The molecule has 1 aromatic heterocycles. The summed E-state index contributed by atoms with van der Waals surface area (Å²) in [6.07, 6.45) is 0.721. The molecule has 0 atom stereocenters. The van der Waals surface area contributed by atoms with E-state index in [0.717, 1.165) is 12.0 Å². The molecule has 21 heavy (non-hydrogen) atoms. The van der Waals surface area contributed by atoms with Gasteiger partial charge in [0.2, 0.25) is 5.88 Å². The van der Waals surface area contributed by atoms with E-state index in [1.807, 2.05) is 20.8 Å². The van der Waals surface area contributed by atoms with Crippen molar-refractivity contribution in [2.45, 2.75) is 39.8 Å². The van der Waals surface area contributed by atoms with Crippen molar-refractivity contribution in [1.82, 2.24) is 9.78 Å². The molecule has 0 aliphatic heterocycles. The van der Waals surface area contributed by atoms with Gasteiger partial charge in [-0.05, 0) is 32.4 Å². The van der Waals surface area contributed by atoms with Gasteiger partial charge in [0, 0.05) is 11.6 Å². The normalized spacial score (nSPS) is 11.2. The zero-order chi connectivity index (χ0) is 15.6. The lowest BCUT2D eigenvalue weighted by Gasteiger charge is -2.13. The molecular weight excluding hydrogens is 311 g/mol. The predicted octanol–water partition coefficient (Wildman–Crippen LogP) is 4.62. The van der Waals surface area contributed by atoms with E-state index in [9.17, 15) is 5.11 Å². The van der Waals surface area contributed by atoms with Gasteiger partial charge in [-0.1, -0.05) is 30.1 Å². The molecule has 0 aliphatic carbocycles. The molecule has 0 fully saturated rings. The Morgan fingerprint density at radius 1 is 1.29 bits per heavy atom. The van der Waals surface area contributed by atoms with Crippen molar-refractivity contribution in [3.8, 4) is 11.6 Å². The minimum Gasteiger partial charge on any atom is -0.439 e. The van der Waals surface area contributed by atoms with Gasteiger partial charge in [0.25, 0.3) is 0 Å². The number of benzene rings is 1. The number of aliphatic hydroxyl groups is 1. The number of aliphatic hydroxyl groups excluding tert-OH is 1. The second-order valence-electron chi connectivity index (χ2n) is 4.96. The Kier molecular flexibility index (Phi) is 5.14. The van der Waals surface area contributed by atoms with E-state index in [4.69, 9.17) is 27.9 Å². The molecule has 0 radical (unpaired) electrons. The maximum atomic E-state index is 9.45. The Hall–Kier alpha value is -1.23. The molecule has 0 spiro atoms. The molecule has 0 bridgehead atoms. The lowest BCUT2D eigenvalue weighted by molar-refractivity contribution is 0.273. The van der Waals surface area contributed by atoms with Gasteiger partial charge >= 0.3 is 0 Å². The van der Waals surface area contributed by atoms with E-state index in [2.05, 4.69) is 5.10 Å². The van der Waals surface area contributed by atoms with Crippen LogP contribution in [0.1, 0.15) is 38.1 Å². The standard InChI is InChI=1S/C15H18Cl2N2O2/c1-4-11-14(8-20)18-19(9(2)3)15(11)21-10-5-6-12(16)13(17)7-10/h5-7,9,20H,4,8H2,1-3H3. The van der Waals surface area contributed by atoms with Gasteiger partial charge in [0.05, 0.1) is 28.4 Å². The van der Waals surface area contributed by atoms with E-state index in [-0.39, 0.29) is 12.6 Å². The Morgan fingerprint density at radius 2 is 2.00 bits per heavy atom. The van der Waals surface area contributed by atoms with Crippen LogP contribution in [0.3, 0.4) is 0 Å². The highest BCUT2D eigenvalue weighted by atomic mass is 35.5. The van der Waals surface area contributed by atoms with Gasteiger partial charge in [-0.25, -0.2) is 4.68 Å². The third-order valence-corrected chi connectivity index (χ3v) is 3.88. The van der Waals surface area contributed by atoms with E-state index < -0.39 is 0 Å². The van der Waals surface area contributed by atoms with Crippen molar-refractivity contribution in [2.75, 3.05) is 0 Å². The van der Waals surface area contributed by atoms with Crippen LogP contribution in [-0.4, -0.2) is 14.9 Å². The summed E-state index contributed by atoms with van der Waals surface area (Å²) in [5.41, 5.74) is 1.54. The molecule has 0 saturated carbocycles. The van der Waals surface area contributed by atoms with E-state index in [0.29, 0.717) is 27.4 Å². The second-order valence-corrected chi connectivity index (χ2v) is 5.77. The summed E-state index contributed by atoms with van der Waals surface area (Å²) in [7, 11) is 0. The second kappa shape index (κ2) is 6.69. The minimum atomic E-state index is -0.110. The van der Waals surface area contributed by atoms with Crippen molar-refractivity contribution in [3.63, 3.8) is 0 Å². The molecule has 0 saturated heterocycles. The SMILES string of the molecule is CCc1c(CO)nn(C(C)C)c1Oc1ccc(Cl)c(Cl)c1. The summed E-state index contributed by atoms with van der Waals surface area (Å²) < 4.78 is 7.73. The molecule has 0 aliphatic rings. The fourth-order valence-electron chi connectivity index (χ4n) is 2.09. The fraction of sp³-hybridized carbons (Fsp3) is 0.400. The first kappa shape index (κ1) is 16.1. The van der Waals surface area contributed by atoms with Crippen LogP contribution in [-0.2, 0) is 13.0 Å². The lowest BCUT2D eigenvalue weighted by Crippen LogP contribution is -2.05. The van der Waals surface area contributed by atoms with Gasteiger partial charge < -0.3 is 9.84 Å². The van der Waals surface area contributed by atoms with Crippen molar-refractivity contribution in [1.29, 1.82) is 0 Å². The molecule has 1 aromatic carbocycles. The summed E-state index contributed by atoms with van der Waals surface area (Å²) in [6.45, 7) is 5.91. The largest absolute Gasteiger partial charge is 0.439 e. The van der Waals surface area contributed by atoms with Crippen LogP contribution in [0.4, 0.5) is 0 Å². The van der Waals surface area contributed by atoms with Gasteiger partial charge in [-0.15, -0.1) is 0 Å². The van der Waals surface area contributed by atoms with Gasteiger partial charge in [-0.3, -0.25) is 0 Å². The van der Waals surface area contributed by atoms with Crippen molar-refractivity contribution < 1.29 is 9.84 Å². The molecule has 4 nitrogen and oxygen atoms in total. The molecule has 0 amide bonds. The zero-order valence-electron chi connectivity index (χ0n) is 12.2. The molecule has 1 N–H and O–H groups in total. The maximum absolute atomic E-state index is 9.45. The first-order valence-electron chi connectivity index (χ1n) is 6.81. The number of ether oxygens (including phenoxy) is 1. The monoisotopic (exact) mass is 328 g/mol. The Labute approximate surface area is 134 Å². The number of hydrogen-bond donors (Lipinski definition) is 1. The number of hydrogen-bond acceptors (Lipinski definition) is 3. The van der Waals surface area contributed by atoms with Crippen LogP contribution >= 0.6 is 23.2 Å². The average Bonchev–Trinajstić information content (AvgIpc) is 2.80. The van der Waals surface area contributed by atoms with Crippen LogP contribution in [0.15, 0.2) is 18.2 Å². The molecule has 2 rings (SSSR count). The van der Waals surface area contributed by atoms with E-state index >= 15 is 0 Å². The van der Waals surface area contributed by atoms with Gasteiger partial charge in [0.15, 0.2) is 0 Å². The smallest absolute Gasteiger partial charge is 0.221 e. The molecule has 6 heteroatoms. The third kappa shape index (κ3) is 3.34. The summed E-state index contributed by atoms with van der Waals surface area (Å²) in [5, 5.41) is 14.8. The topological polar surface area (TPSA) is 47.3 Å². The fourth-order valence-corrected chi connectivity index (χ4v) is 2.38. The Morgan fingerprint density at radius 3 is 2.52 bits per heavy atom. The Bertz CT molecular complexity index is 639. The number of rotatable bonds is 5. The van der Waals surface area contributed by atoms with Gasteiger partial charge in [-0.2, -0.15) is 5.10 Å². The Balaban J connectivity index is 2.46. The van der Waals surface area contributed by atoms with Crippen LogP contribution in [0, 0.1) is 0 Å². The van der Waals surface area contributed by atoms with E-state index in [1.165, 1.54) is 0 Å². The lowest BCUT2D eigenvalue weighted by atomic mass is 10.2. The number of aromatic nitrogens is 2. The minimum absolute atomic E-state index is 0.110. The van der Waals surface area contributed by atoms with Crippen LogP contribution in [0.2, 0.25) is 10.0 Å². The molecule has 0 unspecified atom stereocenters. The van der Waals surface area contributed by atoms with Crippen molar-refractivity contribution in [2.24, 2.45) is 0 Å². The van der Waals surface area contributed by atoms with E-state index in [1.54, 1.807) is 22.9 Å². The van der Waals surface area contributed by atoms with Crippen LogP contribution in [0.5, 0.6) is 11.6 Å². The van der Waals surface area contributed by atoms with Crippen LogP contribution < -0.4 is 4.74 Å². The first-order chi connectivity index (χ1) is 9.97. The third-order valence-electron chi connectivity index (χ3n) is 3.14. The molecule has 1 heterocycles. The summed E-state index contributed by atoms with van der Waals surface area (Å²) in [5.74, 6) is 1.22. The predicted molar refractivity (Wildman–Crippen MR) is 84.4 cm³/mol. The molecular formula is C15H18Cl2N2O2. The summed E-state index contributed by atoms with van der Waals surface area (Å²) in [4.78, 5) is 0. The highest BCUT2D eigenvalue weighted by Gasteiger charge is 2.20.